The third-order valence-corrected chi connectivity index (χ3v) is 4.25. The number of carboxylic acids is 1. The van der Waals surface area contributed by atoms with Gasteiger partial charge in [0.05, 0.1) is 12.8 Å². The van der Waals surface area contributed by atoms with Gasteiger partial charge in [0.15, 0.2) is 4.75 Å². The van der Waals surface area contributed by atoms with Crippen LogP contribution in [-0.2, 0) is 21.4 Å². The van der Waals surface area contributed by atoms with Crippen molar-refractivity contribution in [3.05, 3.63) is 24.2 Å². The molecule has 0 atom stereocenters. The summed E-state index contributed by atoms with van der Waals surface area (Å²) in [5.74, 6) is -0.982. The number of sulfonamides is 1. The highest BCUT2D eigenvalue weighted by Gasteiger charge is 2.41. The summed E-state index contributed by atoms with van der Waals surface area (Å²) in [7, 11) is -3.94. The highest BCUT2D eigenvalue weighted by molar-refractivity contribution is 7.91. The maximum Gasteiger partial charge on any atom is 0.325 e. The Morgan fingerprint density at radius 3 is 2.62 bits per heavy atom. The number of carboxylic acid groups (broad SMARTS) is 1. The average molecular weight is 247 g/mol. The first-order valence-corrected chi connectivity index (χ1v) is 6.00. The molecule has 0 aromatic carbocycles. The molecule has 1 aromatic rings. The van der Waals surface area contributed by atoms with Crippen LogP contribution in [0.3, 0.4) is 0 Å². The molecular weight excluding hydrogens is 234 g/mol. The van der Waals surface area contributed by atoms with Crippen molar-refractivity contribution in [1.82, 2.24) is 4.72 Å². The van der Waals surface area contributed by atoms with Gasteiger partial charge in [-0.1, -0.05) is 0 Å². The normalized spacial score (nSPS) is 12.6. The number of nitrogens with one attached hydrogen (secondary N) is 1. The molecule has 16 heavy (non-hydrogen) atoms. The predicted octanol–water partition coefficient (Wildman–Crippen LogP) is 0.562. The first kappa shape index (κ1) is 12.7. The molecule has 7 heteroatoms. The van der Waals surface area contributed by atoms with Crippen molar-refractivity contribution in [2.24, 2.45) is 0 Å². The number of hydrogen-bond acceptors (Lipinski definition) is 4. The molecule has 0 saturated carbocycles. The van der Waals surface area contributed by atoms with Crippen molar-refractivity contribution >= 4 is 16.0 Å². The second kappa shape index (κ2) is 4.26. The monoisotopic (exact) mass is 247 g/mol. The third kappa shape index (κ3) is 2.42. The molecule has 90 valence electrons. The number of hydrogen-bond donors (Lipinski definition) is 2. The van der Waals surface area contributed by atoms with Gasteiger partial charge < -0.3 is 9.52 Å². The van der Waals surface area contributed by atoms with E-state index in [4.69, 9.17) is 9.52 Å². The number of aliphatic carboxylic acids is 1. The van der Waals surface area contributed by atoms with Gasteiger partial charge in [0.2, 0.25) is 10.0 Å². The van der Waals surface area contributed by atoms with Crippen LogP contribution >= 0.6 is 0 Å². The fourth-order valence-corrected chi connectivity index (χ4v) is 1.80. The van der Waals surface area contributed by atoms with Crippen molar-refractivity contribution in [2.45, 2.75) is 25.1 Å². The van der Waals surface area contributed by atoms with Gasteiger partial charge >= 0.3 is 5.97 Å². The Labute approximate surface area is 93.3 Å². The Balaban J connectivity index is 2.77. The topological polar surface area (TPSA) is 96.6 Å². The van der Waals surface area contributed by atoms with Crippen LogP contribution in [0.1, 0.15) is 19.6 Å². The Morgan fingerprint density at radius 2 is 2.19 bits per heavy atom. The Hall–Kier alpha value is -1.34. The van der Waals surface area contributed by atoms with Crippen LogP contribution in [0.2, 0.25) is 0 Å². The number of carbonyl (C=O) groups is 1. The van der Waals surface area contributed by atoms with Crippen molar-refractivity contribution in [3.63, 3.8) is 0 Å². The summed E-state index contributed by atoms with van der Waals surface area (Å²) in [6.07, 6.45) is 1.41. The van der Waals surface area contributed by atoms with Gasteiger partial charge in [-0.25, -0.2) is 13.1 Å². The van der Waals surface area contributed by atoms with E-state index in [1.807, 2.05) is 0 Å². The lowest BCUT2D eigenvalue weighted by Crippen LogP contribution is -2.47. The van der Waals surface area contributed by atoms with E-state index in [9.17, 15) is 13.2 Å². The van der Waals surface area contributed by atoms with E-state index in [-0.39, 0.29) is 6.54 Å². The summed E-state index contributed by atoms with van der Waals surface area (Å²) in [5, 5.41) is 8.79. The second-order valence-corrected chi connectivity index (χ2v) is 6.04. The lowest BCUT2D eigenvalue weighted by Gasteiger charge is -2.19. The van der Waals surface area contributed by atoms with E-state index in [1.54, 1.807) is 12.1 Å². The zero-order valence-corrected chi connectivity index (χ0v) is 9.74. The van der Waals surface area contributed by atoms with Gasteiger partial charge in [-0.2, -0.15) is 0 Å². The summed E-state index contributed by atoms with van der Waals surface area (Å²) < 4.78 is 28.5. The molecule has 0 aliphatic heterocycles. The molecule has 0 unspecified atom stereocenters. The molecule has 0 saturated heterocycles. The molecule has 0 radical (unpaired) electrons. The first-order chi connectivity index (χ1) is 7.27. The minimum atomic E-state index is -3.94. The van der Waals surface area contributed by atoms with Gasteiger partial charge in [0.25, 0.3) is 0 Å². The van der Waals surface area contributed by atoms with E-state index < -0.39 is 20.7 Å². The lowest BCUT2D eigenvalue weighted by atomic mass is 10.2. The Morgan fingerprint density at radius 1 is 1.56 bits per heavy atom. The summed E-state index contributed by atoms with van der Waals surface area (Å²) in [6, 6.07) is 3.21. The molecule has 6 nitrogen and oxygen atoms in total. The predicted molar refractivity (Wildman–Crippen MR) is 56.2 cm³/mol. The molecule has 0 spiro atoms. The molecule has 1 heterocycles. The van der Waals surface area contributed by atoms with Crippen molar-refractivity contribution in [2.75, 3.05) is 0 Å². The fourth-order valence-electron chi connectivity index (χ4n) is 0.875. The second-order valence-electron chi connectivity index (χ2n) is 3.72. The van der Waals surface area contributed by atoms with Crippen molar-refractivity contribution in [3.8, 4) is 0 Å². The highest BCUT2D eigenvalue weighted by atomic mass is 32.2. The lowest BCUT2D eigenvalue weighted by molar-refractivity contribution is -0.139. The molecule has 0 aliphatic carbocycles. The molecule has 1 aromatic heterocycles. The highest BCUT2D eigenvalue weighted by Crippen LogP contribution is 2.15. The van der Waals surface area contributed by atoms with Crippen LogP contribution in [0.5, 0.6) is 0 Å². The SMILES string of the molecule is CC(C)(C(=O)O)S(=O)(=O)NCc1ccco1. The molecule has 0 aliphatic rings. The molecule has 0 fully saturated rings. The minimum Gasteiger partial charge on any atom is -0.480 e. The largest absolute Gasteiger partial charge is 0.480 e. The van der Waals surface area contributed by atoms with E-state index in [1.165, 1.54) is 6.26 Å². The van der Waals surface area contributed by atoms with Crippen LogP contribution in [0.4, 0.5) is 0 Å². The molecule has 2 N–H and O–H groups in total. The van der Waals surface area contributed by atoms with E-state index in [0.29, 0.717) is 5.76 Å². The number of rotatable bonds is 5. The van der Waals surface area contributed by atoms with Crippen molar-refractivity contribution in [1.29, 1.82) is 0 Å². The van der Waals surface area contributed by atoms with E-state index in [0.717, 1.165) is 13.8 Å². The Bertz CT molecular complexity index is 460. The summed E-state index contributed by atoms with van der Waals surface area (Å²) in [5.41, 5.74) is 0. The van der Waals surface area contributed by atoms with Crippen LogP contribution < -0.4 is 4.72 Å². The van der Waals surface area contributed by atoms with Gasteiger partial charge in [-0.05, 0) is 26.0 Å². The summed E-state index contributed by atoms with van der Waals surface area (Å²) in [6.45, 7) is 2.19. The fraction of sp³-hybridized carbons (Fsp3) is 0.444. The van der Waals surface area contributed by atoms with E-state index in [2.05, 4.69) is 4.72 Å². The van der Waals surface area contributed by atoms with Crippen molar-refractivity contribution < 1.29 is 22.7 Å². The van der Waals surface area contributed by atoms with Crippen LogP contribution in [-0.4, -0.2) is 24.2 Å². The van der Waals surface area contributed by atoms with Gasteiger partial charge in [-0.15, -0.1) is 0 Å². The smallest absolute Gasteiger partial charge is 0.325 e. The maximum atomic E-state index is 11.7. The van der Waals surface area contributed by atoms with E-state index >= 15 is 0 Å². The average Bonchev–Trinajstić information content (AvgIpc) is 2.66. The molecular formula is C9H13NO5S. The number of furan rings is 1. The standard InChI is InChI=1S/C9H13NO5S/c1-9(2,8(11)12)16(13,14)10-6-7-4-3-5-15-7/h3-5,10H,6H2,1-2H3,(H,11,12). The van der Waals surface area contributed by atoms with Crippen LogP contribution in [0.25, 0.3) is 0 Å². The molecule has 0 bridgehead atoms. The van der Waals surface area contributed by atoms with Crippen LogP contribution in [0, 0.1) is 0 Å². The van der Waals surface area contributed by atoms with Gasteiger partial charge in [0, 0.05) is 0 Å². The van der Waals surface area contributed by atoms with Crippen LogP contribution in [0.15, 0.2) is 22.8 Å². The zero-order chi connectivity index (χ0) is 12.4. The third-order valence-electron chi connectivity index (χ3n) is 2.20. The molecule has 0 amide bonds. The first-order valence-electron chi connectivity index (χ1n) is 4.52. The maximum absolute atomic E-state index is 11.7. The minimum absolute atomic E-state index is 0.0634. The van der Waals surface area contributed by atoms with Gasteiger partial charge in [-0.3, -0.25) is 4.79 Å². The summed E-state index contributed by atoms with van der Waals surface area (Å²) in [4.78, 5) is 10.8. The molecule has 1 rings (SSSR count). The van der Waals surface area contributed by atoms with Gasteiger partial charge in [0.1, 0.15) is 5.76 Å². The Kier molecular flexibility index (Phi) is 3.39. The zero-order valence-electron chi connectivity index (χ0n) is 8.93. The quantitative estimate of drug-likeness (QED) is 0.792. The summed E-state index contributed by atoms with van der Waals surface area (Å²) >= 11 is 0.